The third-order valence-electron chi connectivity index (χ3n) is 1.65. The normalized spacial score (nSPS) is 29.6. The molecule has 1 fully saturated rings. The van der Waals surface area contributed by atoms with Crippen molar-refractivity contribution in [3.8, 4) is 0 Å². The van der Waals surface area contributed by atoms with E-state index in [0.29, 0.717) is 12.8 Å². The van der Waals surface area contributed by atoms with Crippen molar-refractivity contribution < 1.29 is 19.1 Å². The molecule has 1 aliphatic carbocycles. The first-order chi connectivity index (χ1) is 5.22. The highest BCUT2D eigenvalue weighted by Crippen LogP contribution is 2.20. The highest BCUT2D eigenvalue weighted by Gasteiger charge is 2.21. The second-order valence-electron chi connectivity index (χ2n) is 2.45. The van der Waals surface area contributed by atoms with Gasteiger partial charge in [-0.05, 0) is 12.8 Å². The average Bonchev–Trinajstić information content (AvgIpc) is 1.97. The lowest BCUT2D eigenvalue weighted by molar-refractivity contribution is -0.191. The summed E-state index contributed by atoms with van der Waals surface area (Å²) in [6.07, 6.45) is 1.79. The largest absolute Gasteiger partial charge is 0.390 e. The summed E-state index contributed by atoms with van der Waals surface area (Å²) < 4.78 is 12.3. The van der Waals surface area contributed by atoms with Gasteiger partial charge in [0.1, 0.15) is 6.17 Å². The summed E-state index contributed by atoms with van der Waals surface area (Å²) in [4.78, 5) is 16.2. The summed E-state index contributed by atoms with van der Waals surface area (Å²) in [7, 11) is 0. The Balaban J connectivity index is 0.000000292. The van der Waals surface area contributed by atoms with Gasteiger partial charge in [0.25, 0.3) is 0 Å². The fraction of sp³-hybridized carbons (Fsp3) is 0.857. The Hall–Kier alpha value is -0.730. The minimum atomic E-state index is -0.941. The molecule has 0 aliphatic heterocycles. The molecular weight excluding hydrogens is 151 g/mol. The van der Waals surface area contributed by atoms with Crippen molar-refractivity contribution in [2.45, 2.75) is 38.0 Å². The molecule has 1 rings (SSSR count). The maximum absolute atomic E-state index is 12.3. The topological polar surface area (TPSA) is 54.4 Å². The second kappa shape index (κ2) is 6.01. The predicted molar refractivity (Wildman–Crippen MR) is 34.4 cm³/mol. The molecule has 0 aromatic heterocycles. The molecule has 0 amide bonds. The van der Waals surface area contributed by atoms with Gasteiger partial charge in [0.15, 0.2) is 0 Å². The molecule has 1 N–H and O–H groups in total. The molecule has 3 nitrogen and oxygen atoms in total. The van der Waals surface area contributed by atoms with E-state index in [1.54, 1.807) is 0 Å². The van der Waals surface area contributed by atoms with Crippen molar-refractivity contribution in [3.05, 3.63) is 0 Å². The van der Waals surface area contributed by atoms with Crippen LogP contribution in [0.2, 0.25) is 0 Å². The number of hydrogen-bond acceptors (Lipinski definition) is 3. The van der Waals surface area contributed by atoms with Crippen LogP contribution in [-0.4, -0.2) is 23.5 Å². The first kappa shape index (κ1) is 10.3. The van der Waals surface area contributed by atoms with Crippen LogP contribution in [0.15, 0.2) is 0 Å². The van der Waals surface area contributed by atoms with Crippen LogP contribution in [-0.2, 0) is 9.59 Å². The van der Waals surface area contributed by atoms with Crippen LogP contribution in [0.3, 0.4) is 0 Å². The third kappa shape index (κ3) is 4.65. The predicted octanol–water partition coefficient (Wildman–Crippen LogP) is 0.676. The summed E-state index contributed by atoms with van der Waals surface area (Å²) in [5, 5.41) is 8.80. The van der Waals surface area contributed by atoms with Crippen molar-refractivity contribution in [2.24, 2.45) is 0 Å². The van der Waals surface area contributed by atoms with Crippen molar-refractivity contribution in [1.82, 2.24) is 0 Å². The Morgan fingerprint density at radius 1 is 1.27 bits per heavy atom. The Bertz CT molecular complexity index is 122. The Morgan fingerprint density at radius 3 is 2.00 bits per heavy atom. The van der Waals surface area contributed by atoms with Gasteiger partial charge in [0.05, 0.1) is 6.10 Å². The summed E-state index contributed by atoms with van der Waals surface area (Å²) in [5.74, 6) is 0. The van der Waals surface area contributed by atoms with Crippen LogP contribution in [0.5, 0.6) is 0 Å². The second-order valence-corrected chi connectivity index (χ2v) is 2.45. The van der Waals surface area contributed by atoms with Crippen LogP contribution >= 0.6 is 0 Å². The zero-order valence-electron chi connectivity index (χ0n) is 6.12. The SMILES string of the molecule is O=C=O.O[C@@H]1CCCC[C@H]1F. The fourth-order valence-corrected chi connectivity index (χ4v) is 1.07. The van der Waals surface area contributed by atoms with Gasteiger partial charge in [-0.2, -0.15) is 9.59 Å². The van der Waals surface area contributed by atoms with Gasteiger partial charge in [0, 0.05) is 0 Å². The number of aliphatic hydroxyl groups excluding tert-OH is 1. The molecule has 0 aromatic carbocycles. The molecule has 0 unspecified atom stereocenters. The minimum absolute atomic E-state index is 0.250. The van der Waals surface area contributed by atoms with E-state index < -0.39 is 12.3 Å². The van der Waals surface area contributed by atoms with Gasteiger partial charge >= 0.3 is 6.15 Å². The smallest absolute Gasteiger partial charge is 0.373 e. The van der Waals surface area contributed by atoms with Gasteiger partial charge in [-0.1, -0.05) is 12.8 Å². The molecule has 64 valence electrons. The number of halogens is 1. The van der Waals surface area contributed by atoms with Gasteiger partial charge in [-0.25, -0.2) is 4.39 Å². The van der Waals surface area contributed by atoms with Gasteiger partial charge in [0.2, 0.25) is 0 Å². The molecule has 11 heavy (non-hydrogen) atoms. The number of alkyl halides is 1. The summed E-state index contributed by atoms with van der Waals surface area (Å²) >= 11 is 0. The standard InChI is InChI=1S/C6H11FO.CO2/c7-5-3-1-2-4-6(5)8;2-1-3/h5-6,8H,1-4H2;/t5-,6-;/m1./s1. The molecule has 0 saturated heterocycles. The van der Waals surface area contributed by atoms with E-state index in [0.717, 1.165) is 12.8 Å². The summed E-state index contributed by atoms with van der Waals surface area (Å²) in [6, 6.07) is 0. The molecule has 0 radical (unpaired) electrons. The van der Waals surface area contributed by atoms with Crippen LogP contribution in [0.25, 0.3) is 0 Å². The zero-order chi connectivity index (χ0) is 8.69. The third-order valence-corrected chi connectivity index (χ3v) is 1.65. The number of carbonyl (C=O) groups excluding carboxylic acids is 2. The molecule has 1 aliphatic rings. The number of hydrogen-bond donors (Lipinski definition) is 1. The quantitative estimate of drug-likeness (QED) is 0.569. The highest BCUT2D eigenvalue weighted by molar-refractivity contribution is 5.20. The lowest BCUT2D eigenvalue weighted by Gasteiger charge is -2.20. The Labute approximate surface area is 64.2 Å². The van der Waals surface area contributed by atoms with E-state index in [1.807, 2.05) is 0 Å². The van der Waals surface area contributed by atoms with Gasteiger partial charge in [-0.3, -0.25) is 0 Å². The van der Waals surface area contributed by atoms with E-state index in [-0.39, 0.29) is 6.15 Å². The Kier molecular flexibility index (Phi) is 5.61. The maximum atomic E-state index is 12.3. The molecule has 2 atom stereocenters. The van der Waals surface area contributed by atoms with E-state index >= 15 is 0 Å². The molecule has 0 aromatic rings. The molecule has 0 heterocycles. The minimum Gasteiger partial charge on any atom is -0.390 e. The van der Waals surface area contributed by atoms with Crippen LogP contribution in [0.1, 0.15) is 25.7 Å². The molecule has 0 bridgehead atoms. The van der Waals surface area contributed by atoms with Crippen molar-refractivity contribution in [3.63, 3.8) is 0 Å². The van der Waals surface area contributed by atoms with Crippen LogP contribution < -0.4 is 0 Å². The number of rotatable bonds is 0. The van der Waals surface area contributed by atoms with Crippen molar-refractivity contribution in [1.29, 1.82) is 0 Å². The van der Waals surface area contributed by atoms with Gasteiger partial charge < -0.3 is 5.11 Å². The Morgan fingerprint density at radius 2 is 1.73 bits per heavy atom. The van der Waals surface area contributed by atoms with Crippen LogP contribution in [0.4, 0.5) is 4.39 Å². The zero-order valence-corrected chi connectivity index (χ0v) is 6.12. The molecular formula is C7H11FO3. The van der Waals surface area contributed by atoms with Gasteiger partial charge in [-0.15, -0.1) is 0 Å². The highest BCUT2D eigenvalue weighted by atomic mass is 19.1. The first-order valence-corrected chi connectivity index (χ1v) is 3.53. The van der Waals surface area contributed by atoms with E-state index in [1.165, 1.54) is 0 Å². The summed E-state index contributed by atoms with van der Waals surface area (Å²) in [5.41, 5.74) is 0. The monoisotopic (exact) mass is 162 g/mol. The average molecular weight is 162 g/mol. The van der Waals surface area contributed by atoms with E-state index in [9.17, 15) is 4.39 Å². The van der Waals surface area contributed by atoms with Crippen molar-refractivity contribution in [2.75, 3.05) is 0 Å². The lowest BCUT2D eigenvalue weighted by atomic mass is 9.96. The molecule has 4 heteroatoms. The molecule has 1 saturated carbocycles. The summed E-state index contributed by atoms with van der Waals surface area (Å²) in [6.45, 7) is 0. The first-order valence-electron chi connectivity index (χ1n) is 3.53. The maximum Gasteiger partial charge on any atom is 0.373 e. The lowest BCUT2D eigenvalue weighted by Crippen LogP contribution is -2.25. The van der Waals surface area contributed by atoms with E-state index in [4.69, 9.17) is 14.7 Å². The van der Waals surface area contributed by atoms with E-state index in [2.05, 4.69) is 0 Å². The fourth-order valence-electron chi connectivity index (χ4n) is 1.07. The van der Waals surface area contributed by atoms with Crippen molar-refractivity contribution >= 4 is 6.15 Å². The number of aliphatic hydroxyl groups is 1. The van der Waals surface area contributed by atoms with Crippen LogP contribution in [0, 0.1) is 0 Å². The molecule has 0 spiro atoms.